The van der Waals surface area contributed by atoms with E-state index in [1.165, 1.54) is 6.07 Å². The molecular formula is C13H20N2O4. The Morgan fingerprint density at radius 3 is 2.53 bits per heavy atom. The number of nitrogens with one attached hydrogen (secondary N) is 1. The molecule has 0 aliphatic heterocycles. The summed E-state index contributed by atoms with van der Waals surface area (Å²) >= 11 is 0. The van der Waals surface area contributed by atoms with Gasteiger partial charge in [-0.05, 0) is 44.9 Å². The van der Waals surface area contributed by atoms with Crippen LogP contribution in [0, 0.1) is 0 Å². The molecule has 1 amide bonds. The minimum atomic E-state index is -0.536. The number of hydrogen-bond donors (Lipinski definition) is 4. The van der Waals surface area contributed by atoms with Gasteiger partial charge in [0.25, 0.3) is 0 Å². The molecule has 5 N–H and O–H groups in total. The fraction of sp³-hybridized carbons (Fsp3) is 0.462. The Balaban J connectivity index is 2.48. The number of amides is 1. The topological polar surface area (TPSA) is 105 Å². The van der Waals surface area contributed by atoms with Crippen LogP contribution in [0.4, 0.5) is 10.5 Å². The third kappa shape index (κ3) is 4.95. The summed E-state index contributed by atoms with van der Waals surface area (Å²) in [6, 6.07) is 2.95. The highest BCUT2D eigenvalue weighted by atomic mass is 16.6. The predicted molar refractivity (Wildman–Crippen MR) is 72.1 cm³/mol. The number of phenols is 2. The molecule has 1 aromatic rings. The highest BCUT2D eigenvalue weighted by Gasteiger charge is 2.15. The minimum absolute atomic E-state index is 0.104. The van der Waals surface area contributed by atoms with Gasteiger partial charge in [0, 0.05) is 6.54 Å². The van der Waals surface area contributed by atoms with E-state index < -0.39 is 11.7 Å². The van der Waals surface area contributed by atoms with Crippen molar-refractivity contribution in [2.24, 2.45) is 0 Å². The van der Waals surface area contributed by atoms with E-state index in [-0.39, 0.29) is 17.2 Å². The lowest BCUT2D eigenvalue weighted by Gasteiger charge is -2.19. The number of nitrogens with two attached hydrogens (primary N) is 1. The van der Waals surface area contributed by atoms with E-state index in [9.17, 15) is 15.0 Å². The summed E-state index contributed by atoms with van der Waals surface area (Å²) in [6.07, 6.45) is -0.0273. The molecule has 106 valence electrons. The summed E-state index contributed by atoms with van der Waals surface area (Å²) in [5, 5.41) is 21.3. The SMILES string of the molecule is CC(C)(C)OC(=O)NCCc1cc(N)c(O)c(O)c1. The predicted octanol–water partition coefficient (Wildman–Crippen LogP) is 1.75. The zero-order valence-electron chi connectivity index (χ0n) is 11.4. The van der Waals surface area contributed by atoms with Crippen LogP contribution in [0.5, 0.6) is 11.5 Å². The fourth-order valence-electron chi connectivity index (χ4n) is 1.47. The summed E-state index contributed by atoms with van der Waals surface area (Å²) in [5.74, 6) is -0.601. The molecule has 1 aromatic carbocycles. The van der Waals surface area contributed by atoms with Gasteiger partial charge in [-0.2, -0.15) is 0 Å². The Morgan fingerprint density at radius 2 is 2.00 bits per heavy atom. The van der Waals surface area contributed by atoms with Gasteiger partial charge in [-0.3, -0.25) is 0 Å². The van der Waals surface area contributed by atoms with Gasteiger partial charge < -0.3 is 26.0 Å². The second kappa shape index (κ2) is 5.69. The van der Waals surface area contributed by atoms with Gasteiger partial charge in [0.05, 0.1) is 5.69 Å². The molecule has 0 saturated carbocycles. The second-order valence-corrected chi connectivity index (χ2v) is 5.23. The first-order valence-electron chi connectivity index (χ1n) is 5.96. The zero-order valence-corrected chi connectivity index (χ0v) is 11.4. The van der Waals surface area contributed by atoms with Crippen molar-refractivity contribution in [2.45, 2.75) is 32.8 Å². The minimum Gasteiger partial charge on any atom is -0.504 e. The smallest absolute Gasteiger partial charge is 0.407 e. The van der Waals surface area contributed by atoms with Crippen molar-refractivity contribution in [1.29, 1.82) is 0 Å². The number of anilines is 1. The number of ether oxygens (including phenoxy) is 1. The van der Waals surface area contributed by atoms with Crippen molar-refractivity contribution in [3.05, 3.63) is 17.7 Å². The van der Waals surface area contributed by atoms with Crippen LogP contribution in [-0.2, 0) is 11.2 Å². The summed E-state index contributed by atoms with van der Waals surface area (Å²) in [7, 11) is 0. The number of carbonyl (C=O) groups excluding carboxylic acids is 1. The van der Waals surface area contributed by atoms with Gasteiger partial charge in [0.15, 0.2) is 11.5 Å². The van der Waals surface area contributed by atoms with E-state index in [0.29, 0.717) is 18.5 Å². The first-order chi connectivity index (χ1) is 8.69. The number of hydrogen-bond acceptors (Lipinski definition) is 5. The first kappa shape index (κ1) is 14.9. The van der Waals surface area contributed by atoms with Crippen molar-refractivity contribution >= 4 is 11.8 Å². The number of phenolic OH excluding ortho intramolecular Hbond substituents is 2. The molecule has 0 aliphatic rings. The summed E-state index contributed by atoms with van der Waals surface area (Å²) in [5.41, 5.74) is 5.79. The maximum atomic E-state index is 11.4. The molecule has 6 nitrogen and oxygen atoms in total. The average molecular weight is 268 g/mol. The van der Waals surface area contributed by atoms with E-state index in [1.807, 2.05) is 0 Å². The number of benzene rings is 1. The quantitative estimate of drug-likeness (QED) is 0.494. The highest BCUT2D eigenvalue weighted by Crippen LogP contribution is 2.32. The first-order valence-corrected chi connectivity index (χ1v) is 5.96. The maximum Gasteiger partial charge on any atom is 0.407 e. The third-order valence-corrected chi connectivity index (χ3v) is 2.26. The maximum absolute atomic E-state index is 11.4. The monoisotopic (exact) mass is 268 g/mol. The van der Waals surface area contributed by atoms with E-state index in [1.54, 1.807) is 26.8 Å². The largest absolute Gasteiger partial charge is 0.504 e. The van der Waals surface area contributed by atoms with E-state index in [0.717, 1.165) is 0 Å². The van der Waals surface area contributed by atoms with Crippen LogP contribution in [-0.4, -0.2) is 28.5 Å². The van der Waals surface area contributed by atoms with Crippen LogP contribution < -0.4 is 11.1 Å². The van der Waals surface area contributed by atoms with Crippen molar-refractivity contribution in [3.8, 4) is 11.5 Å². The Hall–Kier alpha value is -2.11. The average Bonchev–Trinajstić information content (AvgIpc) is 2.23. The number of carbonyl (C=O) groups is 1. The summed E-state index contributed by atoms with van der Waals surface area (Å²) < 4.78 is 5.08. The summed E-state index contributed by atoms with van der Waals surface area (Å²) in [6.45, 7) is 5.69. The Kier molecular flexibility index (Phi) is 4.47. The van der Waals surface area contributed by atoms with Crippen LogP contribution >= 0.6 is 0 Å². The number of rotatable bonds is 3. The molecule has 0 radical (unpaired) electrons. The van der Waals surface area contributed by atoms with Crippen LogP contribution in [0.25, 0.3) is 0 Å². The van der Waals surface area contributed by atoms with E-state index in [2.05, 4.69) is 5.32 Å². The van der Waals surface area contributed by atoms with Gasteiger partial charge in [0.1, 0.15) is 5.60 Å². The zero-order chi connectivity index (χ0) is 14.6. The molecule has 0 bridgehead atoms. The van der Waals surface area contributed by atoms with Crippen LogP contribution in [0.1, 0.15) is 26.3 Å². The molecule has 1 rings (SSSR count). The third-order valence-electron chi connectivity index (χ3n) is 2.26. The highest BCUT2D eigenvalue weighted by molar-refractivity contribution is 5.67. The van der Waals surface area contributed by atoms with Gasteiger partial charge in [-0.15, -0.1) is 0 Å². The van der Waals surface area contributed by atoms with Crippen molar-refractivity contribution < 1.29 is 19.7 Å². The van der Waals surface area contributed by atoms with Crippen molar-refractivity contribution in [1.82, 2.24) is 5.32 Å². The van der Waals surface area contributed by atoms with Gasteiger partial charge >= 0.3 is 6.09 Å². The van der Waals surface area contributed by atoms with Crippen LogP contribution in [0.2, 0.25) is 0 Å². The van der Waals surface area contributed by atoms with Crippen LogP contribution in [0.15, 0.2) is 12.1 Å². The lowest BCUT2D eigenvalue weighted by Crippen LogP contribution is -2.33. The number of aromatic hydroxyl groups is 2. The van der Waals surface area contributed by atoms with Gasteiger partial charge in [-0.25, -0.2) is 4.79 Å². The molecule has 0 spiro atoms. The molecule has 6 heteroatoms. The second-order valence-electron chi connectivity index (χ2n) is 5.23. The number of alkyl carbamates (subject to hydrolysis) is 1. The molecule has 0 aromatic heterocycles. The van der Waals surface area contributed by atoms with E-state index in [4.69, 9.17) is 10.5 Å². The Bertz CT molecular complexity index is 443. The Morgan fingerprint density at radius 1 is 1.37 bits per heavy atom. The molecule has 0 aliphatic carbocycles. The molecule has 0 atom stereocenters. The van der Waals surface area contributed by atoms with E-state index >= 15 is 0 Å². The molecule has 0 fully saturated rings. The van der Waals surface area contributed by atoms with Gasteiger partial charge in [-0.1, -0.05) is 0 Å². The lowest BCUT2D eigenvalue weighted by molar-refractivity contribution is 0.0528. The lowest BCUT2D eigenvalue weighted by atomic mass is 10.1. The molecule has 0 unspecified atom stereocenters. The van der Waals surface area contributed by atoms with Crippen LogP contribution in [0.3, 0.4) is 0 Å². The molecule has 0 saturated heterocycles. The van der Waals surface area contributed by atoms with Crippen molar-refractivity contribution in [3.63, 3.8) is 0 Å². The molecule has 19 heavy (non-hydrogen) atoms. The molecular weight excluding hydrogens is 248 g/mol. The van der Waals surface area contributed by atoms with Gasteiger partial charge in [0.2, 0.25) is 0 Å². The molecule has 0 heterocycles. The summed E-state index contributed by atoms with van der Waals surface area (Å²) in [4.78, 5) is 11.4. The van der Waals surface area contributed by atoms with Crippen molar-refractivity contribution in [2.75, 3.05) is 12.3 Å². The standard InChI is InChI=1S/C13H20N2O4/c1-13(2,3)19-12(18)15-5-4-8-6-9(14)11(17)10(16)7-8/h6-7,16-17H,4-5,14H2,1-3H3,(H,15,18). The Labute approximate surface area is 112 Å². The fourth-order valence-corrected chi connectivity index (χ4v) is 1.47. The normalized spacial score (nSPS) is 11.1. The number of nitrogen functional groups attached to an aromatic ring is 1.